The number of hydrogen-bond acceptors (Lipinski definition) is 4. The Balaban J connectivity index is 2.12. The number of benzene rings is 1. The fraction of sp³-hybridized carbons (Fsp3) is 0.385. The quantitative estimate of drug-likeness (QED) is 0.916. The van der Waals surface area contributed by atoms with Crippen LogP contribution in [0.15, 0.2) is 27.2 Å². The summed E-state index contributed by atoms with van der Waals surface area (Å²) in [6.07, 6.45) is 1.64. The van der Waals surface area contributed by atoms with Crippen LogP contribution in [0.5, 0.6) is 0 Å². The van der Waals surface area contributed by atoms with Gasteiger partial charge in [0.1, 0.15) is 5.82 Å². The van der Waals surface area contributed by atoms with E-state index in [-0.39, 0.29) is 5.82 Å². The predicted octanol–water partition coefficient (Wildman–Crippen LogP) is 3.18. The van der Waals surface area contributed by atoms with Crippen molar-refractivity contribution in [3.8, 4) is 11.4 Å². The number of aryl methyl sites for hydroxylation is 1. The third kappa shape index (κ3) is 3.61. The lowest BCUT2D eigenvalue weighted by molar-refractivity contribution is 0.369. The Hall–Kier alpha value is -1.27. The molecule has 2 rings (SSSR count). The van der Waals surface area contributed by atoms with E-state index in [4.69, 9.17) is 4.52 Å². The minimum absolute atomic E-state index is 0.304. The van der Waals surface area contributed by atoms with Crippen molar-refractivity contribution in [2.45, 2.75) is 25.8 Å². The first-order valence-electron chi connectivity index (χ1n) is 6.05. The van der Waals surface area contributed by atoms with E-state index >= 15 is 0 Å². The molecule has 0 spiro atoms. The molecule has 0 aliphatic heterocycles. The number of aromatic nitrogens is 2. The fourth-order valence-electron chi connectivity index (χ4n) is 1.62. The highest BCUT2D eigenvalue weighted by Crippen LogP contribution is 2.26. The molecule has 1 N–H and O–H groups in total. The molecule has 0 aliphatic carbocycles. The molecule has 0 fully saturated rings. The van der Waals surface area contributed by atoms with Gasteiger partial charge in [-0.1, -0.05) is 5.16 Å². The van der Waals surface area contributed by atoms with Gasteiger partial charge in [-0.05, 0) is 54.5 Å². The average Bonchev–Trinajstić information content (AvgIpc) is 2.84. The maximum atomic E-state index is 13.0. The molecule has 1 aromatic heterocycles. The fourth-order valence-corrected chi connectivity index (χ4v) is 2.15. The van der Waals surface area contributed by atoms with Crippen LogP contribution in [0.2, 0.25) is 0 Å². The summed E-state index contributed by atoms with van der Waals surface area (Å²) in [6.45, 7) is 2.09. The second-order valence-corrected chi connectivity index (χ2v) is 5.22. The van der Waals surface area contributed by atoms with Crippen LogP contribution in [-0.2, 0) is 6.42 Å². The Kier molecular flexibility index (Phi) is 4.66. The summed E-state index contributed by atoms with van der Waals surface area (Å²) >= 11 is 3.29. The highest BCUT2D eigenvalue weighted by molar-refractivity contribution is 9.10. The van der Waals surface area contributed by atoms with Gasteiger partial charge in [0.05, 0.1) is 0 Å². The second kappa shape index (κ2) is 6.25. The third-order valence-electron chi connectivity index (χ3n) is 2.92. The third-order valence-corrected chi connectivity index (χ3v) is 3.58. The van der Waals surface area contributed by atoms with E-state index in [1.54, 1.807) is 6.07 Å². The first kappa shape index (κ1) is 14.1. The van der Waals surface area contributed by atoms with Gasteiger partial charge in [-0.15, -0.1) is 0 Å². The van der Waals surface area contributed by atoms with E-state index < -0.39 is 0 Å². The summed E-state index contributed by atoms with van der Waals surface area (Å²) in [5.41, 5.74) is 0.720. The molecule has 0 aliphatic rings. The van der Waals surface area contributed by atoms with Crippen LogP contribution in [0.1, 0.15) is 19.2 Å². The van der Waals surface area contributed by atoms with Crippen molar-refractivity contribution >= 4 is 15.9 Å². The molecule has 0 bridgehead atoms. The summed E-state index contributed by atoms with van der Waals surface area (Å²) in [4.78, 5) is 4.32. The summed E-state index contributed by atoms with van der Waals surface area (Å²) in [6, 6.07) is 4.78. The minimum atomic E-state index is -0.304. The topological polar surface area (TPSA) is 51.0 Å². The maximum absolute atomic E-state index is 13.0. The van der Waals surface area contributed by atoms with E-state index in [2.05, 4.69) is 38.3 Å². The van der Waals surface area contributed by atoms with Gasteiger partial charge in [0.2, 0.25) is 11.7 Å². The van der Waals surface area contributed by atoms with Gasteiger partial charge in [-0.25, -0.2) is 4.39 Å². The first-order valence-corrected chi connectivity index (χ1v) is 6.84. The van der Waals surface area contributed by atoms with Crippen molar-refractivity contribution in [2.75, 3.05) is 7.05 Å². The van der Waals surface area contributed by atoms with Gasteiger partial charge < -0.3 is 9.84 Å². The Morgan fingerprint density at radius 2 is 2.26 bits per heavy atom. The van der Waals surface area contributed by atoms with Crippen LogP contribution in [0, 0.1) is 5.82 Å². The number of nitrogens with one attached hydrogen (secondary N) is 1. The van der Waals surface area contributed by atoms with Crippen LogP contribution in [-0.4, -0.2) is 23.2 Å². The maximum Gasteiger partial charge on any atom is 0.227 e. The molecule has 1 aromatic carbocycles. The molecule has 102 valence electrons. The van der Waals surface area contributed by atoms with Crippen LogP contribution >= 0.6 is 15.9 Å². The first-order chi connectivity index (χ1) is 9.10. The molecular weight excluding hydrogens is 313 g/mol. The van der Waals surface area contributed by atoms with E-state index in [1.807, 2.05) is 7.05 Å². The highest BCUT2D eigenvalue weighted by Gasteiger charge is 2.12. The SMILES string of the molecule is CNC(C)CCc1nc(-c2ccc(F)cc2Br)no1. The number of halogens is 2. The van der Waals surface area contributed by atoms with Gasteiger partial charge in [-0.2, -0.15) is 4.98 Å². The lowest BCUT2D eigenvalue weighted by atomic mass is 10.2. The van der Waals surface area contributed by atoms with Crippen LogP contribution in [0.3, 0.4) is 0 Å². The average molecular weight is 328 g/mol. The van der Waals surface area contributed by atoms with Gasteiger partial charge >= 0.3 is 0 Å². The van der Waals surface area contributed by atoms with E-state index in [0.29, 0.717) is 28.7 Å². The van der Waals surface area contributed by atoms with Gasteiger partial charge in [0.25, 0.3) is 0 Å². The van der Waals surface area contributed by atoms with Crippen LogP contribution in [0.25, 0.3) is 11.4 Å². The van der Waals surface area contributed by atoms with Crippen molar-refractivity contribution in [2.24, 2.45) is 0 Å². The van der Waals surface area contributed by atoms with Crippen molar-refractivity contribution < 1.29 is 8.91 Å². The molecule has 4 nitrogen and oxygen atoms in total. The van der Waals surface area contributed by atoms with Gasteiger partial charge in [-0.3, -0.25) is 0 Å². The van der Waals surface area contributed by atoms with E-state index in [9.17, 15) is 4.39 Å². The molecule has 2 aromatic rings. The second-order valence-electron chi connectivity index (χ2n) is 4.36. The van der Waals surface area contributed by atoms with Gasteiger partial charge in [0.15, 0.2) is 0 Å². The Morgan fingerprint density at radius 3 is 2.95 bits per heavy atom. The lowest BCUT2D eigenvalue weighted by Crippen LogP contribution is -2.21. The molecule has 0 radical (unpaired) electrons. The van der Waals surface area contributed by atoms with Crippen molar-refractivity contribution in [3.05, 3.63) is 34.4 Å². The Bertz CT molecular complexity index is 559. The zero-order valence-electron chi connectivity index (χ0n) is 10.8. The normalized spacial score (nSPS) is 12.6. The molecule has 6 heteroatoms. The summed E-state index contributed by atoms with van der Waals surface area (Å²) in [5.74, 6) is 0.759. The Morgan fingerprint density at radius 1 is 1.47 bits per heavy atom. The molecule has 1 atom stereocenters. The number of hydrogen-bond donors (Lipinski definition) is 1. The molecule has 0 saturated heterocycles. The van der Waals surface area contributed by atoms with Crippen molar-refractivity contribution in [3.63, 3.8) is 0 Å². The van der Waals surface area contributed by atoms with Crippen molar-refractivity contribution in [1.29, 1.82) is 0 Å². The number of rotatable bonds is 5. The Labute approximate surface area is 119 Å². The highest BCUT2D eigenvalue weighted by atomic mass is 79.9. The molecular formula is C13H15BrFN3O. The lowest BCUT2D eigenvalue weighted by Gasteiger charge is -2.06. The molecule has 19 heavy (non-hydrogen) atoms. The summed E-state index contributed by atoms with van der Waals surface area (Å²) in [5, 5.41) is 7.07. The zero-order chi connectivity index (χ0) is 13.8. The van der Waals surface area contributed by atoms with Crippen LogP contribution in [0.4, 0.5) is 4.39 Å². The van der Waals surface area contributed by atoms with Crippen LogP contribution < -0.4 is 5.32 Å². The monoisotopic (exact) mass is 327 g/mol. The molecule has 1 unspecified atom stereocenters. The molecule has 0 saturated carbocycles. The van der Waals surface area contributed by atoms with E-state index in [1.165, 1.54) is 12.1 Å². The number of nitrogens with zero attached hydrogens (tertiary/aromatic N) is 2. The predicted molar refractivity (Wildman–Crippen MR) is 74.2 cm³/mol. The van der Waals surface area contributed by atoms with Crippen molar-refractivity contribution in [1.82, 2.24) is 15.5 Å². The zero-order valence-corrected chi connectivity index (χ0v) is 12.4. The summed E-state index contributed by atoms with van der Waals surface area (Å²) in [7, 11) is 1.92. The largest absolute Gasteiger partial charge is 0.339 e. The molecule has 1 heterocycles. The van der Waals surface area contributed by atoms with Gasteiger partial charge in [0, 0.05) is 22.5 Å². The minimum Gasteiger partial charge on any atom is -0.339 e. The summed E-state index contributed by atoms with van der Waals surface area (Å²) < 4.78 is 18.8. The standard InChI is InChI=1S/C13H15BrFN3O/c1-8(16-2)3-6-12-17-13(18-19-12)10-5-4-9(15)7-11(10)14/h4-5,7-8,16H,3,6H2,1-2H3. The molecule has 0 amide bonds. The van der Waals surface area contributed by atoms with E-state index in [0.717, 1.165) is 12.0 Å². The smallest absolute Gasteiger partial charge is 0.227 e.